The molecule has 1 saturated heterocycles. The fourth-order valence-corrected chi connectivity index (χ4v) is 3.72. The van der Waals surface area contributed by atoms with Crippen LogP contribution in [0.3, 0.4) is 0 Å². The largest absolute Gasteiger partial charge is 0.349 e. The van der Waals surface area contributed by atoms with Crippen LogP contribution in [0.2, 0.25) is 0 Å². The van der Waals surface area contributed by atoms with Crippen molar-refractivity contribution in [3.05, 3.63) is 59.8 Å². The molecule has 2 heterocycles. The Morgan fingerprint density at radius 3 is 2.62 bits per heavy atom. The summed E-state index contributed by atoms with van der Waals surface area (Å²) >= 11 is 0. The summed E-state index contributed by atoms with van der Waals surface area (Å²) in [6, 6.07) is 13.9. The number of rotatable bonds is 5. The van der Waals surface area contributed by atoms with Gasteiger partial charge in [0, 0.05) is 28.9 Å². The quantitative estimate of drug-likeness (QED) is 0.695. The van der Waals surface area contributed by atoms with Gasteiger partial charge in [-0.05, 0) is 69.2 Å². The number of nitrogens with zero attached hydrogens (tertiary/aromatic N) is 3. The fraction of sp³-hybridized carbons (Fsp3) is 0.348. The molecule has 0 bridgehead atoms. The van der Waals surface area contributed by atoms with Crippen molar-refractivity contribution in [3.63, 3.8) is 0 Å². The minimum atomic E-state index is -0.0133. The van der Waals surface area contributed by atoms with Gasteiger partial charge in [0.1, 0.15) is 0 Å². The van der Waals surface area contributed by atoms with E-state index in [-0.39, 0.29) is 11.9 Å². The molecule has 1 amide bonds. The summed E-state index contributed by atoms with van der Waals surface area (Å²) in [5.74, 6) is 0.544. The van der Waals surface area contributed by atoms with E-state index in [2.05, 4.69) is 45.5 Å². The molecular weight excluding hydrogens is 362 g/mol. The monoisotopic (exact) mass is 389 g/mol. The first kappa shape index (κ1) is 19.3. The number of benzene rings is 2. The van der Waals surface area contributed by atoms with Crippen molar-refractivity contribution in [2.75, 3.05) is 25.5 Å². The molecule has 6 nitrogen and oxygen atoms in total. The number of likely N-dealkylation sites (tertiary alicyclic amines) is 1. The first-order chi connectivity index (χ1) is 14.1. The molecule has 0 aliphatic carbocycles. The average Bonchev–Trinajstić information content (AvgIpc) is 2.75. The number of amides is 1. The molecule has 6 heteroatoms. The maximum atomic E-state index is 12.5. The number of hydrogen-bond acceptors (Lipinski definition) is 5. The highest BCUT2D eigenvalue weighted by Crippen LogP contribution is 2.20. The van der Waals surface area contributed by atoms with Gasteiger partial charge in [0.05, 0.1) is 5.52 Å². The zero-order chi connectivity index (χ0) is 20.2. The van der Waals surface area contributed by atoms with Gasteiger partial charge in [-0.2, -0.15) is 0 Å². The normalized spacial score (nSPS) is 15.4. The molecule has 0 radical (unpaired) electrons. The van der Waals surface area contributed by atoms with Crippen molar-refractivity contribution in [1.82, 2.24) is 20.2 Å². The molecule has 2 N–H and O–H groups in total. The topological polar surface area (TPSA) is 70.2 Å². The predicted molar refractivity (Wildman–Crippen MR) is 117 cm³/mol. The predicted octanol–water partition coefficient (Wildman–Crippen LogP) is 3.76. The lowest BCUT2D eigenvalue weighted by Crippen LogP contribution is -2.43. The van der Waals surface area contributed by atoms with Crippen LogP contribution in [0.25, 0.3) is 10.9 Å². The maximum Gasteiger partial charge on any atom is 0.251 e. The van der Waals surface area contributed by atoms with E-state index in [0.29, 0.717) is 11.5 Å². The standard InChI is InChI=1S/C23H27N5O/c1-3-16-5-4-6-18-15-24-23(27-21(16)18)26-19-9-7-17(8-10-19)22(29)25-20-11-13-28(2)14-12-20/h4-10,15,20H,3,11-14H2,1-2H3,(H,25,29)(H,24,26,27). The highest BCUT2D eigenvalue weighted by molar-refractivity contribution is 5.94. The Bertz CT molecular complexity index is 994. The molecule has 1 aromatic heterocycles. The highest BCUT2D eigenvalue weighted by Gasteiger charge is 2.19. The van der Waals surface area contributed by atoms with Gasteiger partial charge in [-0.15, -0.1) is 0 Å². The minimum Gasteiger partial charge on any atom is -0.349 e. The smallest absolute Gasteiger partial charge is 0.251 e. The van der Waals surface area contributed by atoms with E-state index in [1.54, 1.807) is 0 Å². The zero-order valence-corrected chi connectivity index (χ0v) is 17.0. The number of hydrogen-bond donors (Lipinski definition) is 2. The number of aromatic nitrogens is 2. The first-order valence-electron chi connectivity index (χ1n) is 10.2. The summed E-state index contributed by atoms with van der Waals surface area (Å²) in [6.07, 6.45) is 4.77. The molecule has 3 aromatic rings. The second kappa shape index (κ2) is 8.57. The Labute approximate surface area is 171 Å². The summed E-state index contributed by atoms with van der Waals surface area (Å²) in [4.78, 5) is 23.9. The van der Waals surface area contributed by atoms with Gasteiger partial charge in [-0.3, -0.25) is 4.79 Å². The van der Waals surface area contributed by atoms with Crippen molar-refractivity contribution in [3.8, 4) is 0 Å². The molecular formula is C23H27N5O. The fourth-order valence-electron chi connectivity index (χ4n) is 3.72. The van der Waals surface area contributed by atoms with Crippen LogP contribution < -0.4 is 10.6 Å². The van der Waals surface area contributed by atoms with E-state index >= 15 is 0 Å². The van der Waals surface area contributed by atoms with Crippen molar-refractivity contribution < 1.29 is 4.79 Å². The third-order valence-electron chi connectivity index (χ3n) is 5.53. The number of aryl methyl sites for hydroxylation is 1. The molecule has 4 rings (SSSR count). The lowest BCUT2D eigenvalue weighted by Gasteiger charge is -2.29. The van der Waals surface area contributed by atoms with Crippen LogP contribution in [0.1, 0.15) is 35.7 Å². The number of piperidine rings is 1. The van der Waals surface area contributed by atoms with E-state index in [0.717, 1.165) is 48.9 Å². The van der Waals surface area contributed by atoms with Crippen molar-refractivity contribution in [1.29, 1.82) is 0 Å². The third-order valence-corrected chi connectivity index (χ3v) is 5.53. The number of carbonyl (C=O) groups excluding carboxylic acids is 1. The Morgan fingerprint density at radius 2 is 1.90 bits per heavy atom. The van der Waals surface area contributed by atoms with Crippen LogP contribution in [0.5, 0.6) is 0 Å². The Balaban J connectivity index is 1.43. The van der Waals surface area contributed by atoms with Crippen LogP contribution in [0.15, 0.2) is 48.7 Å². The molecule has 29 heavy (non-hydrogen) atoms. The van der Waals surface area contributed by atoms with Crippen LogP contribution in [-0.4, -0.2) is 47.0 Å². The SMILES string of the molecule is CCc1cccc2cnc(Nc3ccc(C(=O)NC4CCN(C)CC4)cc3)nc12. The Kier molecular flexibility index (Phi) is 5.71. The highest BCUT2D eigenvalue weighted by atomic mass is 16.1. The molecule has 0 unspecified atom stereocenters. The molecule has 150 valence electrons. The Morgan fingerprint density at radius 1 is 1.14 bits per heavy atom. The summed E-state index contributed by atoms with van der Waals surface area (Å²) in [6.45, 7) is 4.18. The van der Waals surface area contributed by atoms with Gasteiger partial charge in [0.15, 0.2) is 0 Å². The van der Waals surface area contributed by atoms with E-state index in [1.165, 1.54) is 5.56 Å². The van der Waals surface area contributed by atoms with Crippen LogP contribution in [0, 0.1) is 0 Å². The summed E-state index contributed by atoms with van der Waals surface area (Å²) in [5.41, 5.74) is 3.70. The Hall–Kier alpha value is -2.99. The van der Waals surface area contributed by atoms with Crippen molar-refractivity contribution >= 4 is 28.4 Å². The molecule has 0 atom stereocenters. The van der Waals surface area contributed by atoms with Crippen LogP contribution >= 0.6 is 0 Å². The van der Waals surface area contributed by atoms with Gasteiger partial charge in [-0.1, -0.05) is 25.1 Å². The van der Waals surface area contributed by atoms with Crippen molar-refractivity contribution in [2.45, 2.75) is 32.2 Å². The molecule has 0 spiro atoms. The van der Waals surface area contributed by atoms with E-state index in [1.807, 2.05) is 42.6 Å². The van der Waals surface area contributed by atoms with E-state index in [9.17, 15) is 4.79 Å². The number of nitrogens with one attached hydrogen (secondary N) is 2. The number of carbonyl (C=O) groups is 1. The first-order valence-corrected chi connectivity index (χ1v) is 10.2. The summed E-state index contributed by atoms with van der Waals surface area (Å²) < 4.78 is 0. The summed E-state index contributed by atoms with van der Waals surface area (Å²) in [7, 11) is 2.12. The van der Waals surface area contributed by atoms with Gasteiger partial charge in [0.25, 0.3) is 5.91 Å². The maximum absolute atomic E-state index is 12.5. The number of para-hydroxylation sites is 1. The number of anilines is 2. The molecule has 1 fully saturated rings. The van der Waals surface area contributed by atoms with Gasteiger partial charge in [0.2, 0.25) is 5.95 Å². The van der Waals surface area contributed by atoms with Gasteiger partial charge in [-0.25, -0.2) is 9.97 Å². The molecule has 1 aliphatic rings. The second-order valence-electron chi connectivity index (χ2n) is 7.66. The molecule has 1 aliphatic heterocycles. The third kappa shape index (κ3) is 4.54. The van der Waals surface area contributed by atoms with Crippen molar-refractivity contribution in [2.24, 2.45) is 0 Å². The second-order valence-corrected chi connectivity index (χ2v) is 7.66. The van der Waals surface area contributed by atoms with E-state index in [4.69, 9.17) is 0 Å². The van der Waals surface area contributed by atoms with Crippen LogP contribution in [0.4, 0.5) is 11.6 Å². The molecule has 0 saturated carbocycles. The van der Waals surface area contributed by atoms with Gasteiger partial charge >= 0.3 is 0 Å². The summed E-state index contributed by atoms with van der Waals surface area (Å²) in [5, 5.41) is 7.43. The van der Waals surface area contributed by atoms with E-state index < -0.39 is 0 Å². The van der Waals surface area contributed by atoms with Gasteiger partial charge < -0.3 is 15.5 Å². The zero-order valence-electron chi connectivity index (χ0n) is 17.0. The average molecular weight is 390 g/mol. The minimum absolute atomic E-state index is 0.0133. The lowest BCUT2D eigenvalue weighted by molar-refractivity contribution is 0.0917. The lowest BCUT2D eigenvalue weighted by atomic mass is 10.0. The molecule has 2 aromatic carbocycles. The number of fused-ring (bicyclic) bond motifs is 1. The van der Waals surface area contributed by atoms with Crippen LogP contribution in [-0.2, 0) is 6.42 Å².